The van der Waals surface area contributed by atoms with Crippen molar-refractivity contribution in [1.29, 1.82) is 0 Å². The zero-order valence-corrected chi connectivity index (χ0v) is 7.78. The predicted octanol–water partition coefficient (Wildman–Crippen LogP) is 3.87. The summed E-state index contributed by atoms with van der Waals surface area (Å²) < 4.78 is 37.0. The summed E-state index contributed by atoms with van der Waals surface area (Å²) in [5.74, 6) is -0.215. The van der Waals surface area contributed by atoms with Gasteiger partial charge in [-0.25, -0.2) is 0 Å². The zero-order valence-electron chi connectivity index (χ0n) is 7.78. The van der Waals surface area contributed by atoms with E-state index in [9.17, 15) is 13.2 Å². The molecule has 0 aliphatic rings. The van der Waals surface area contributed by atoms with Crippen molar-refractivity contribution in [3.8, 4) is 0 Å². The minimum atomic E-state index is -4.34. The van der Waals surface area contributed by atoms with Crippen LogP contribution in [0.5, 0.6) is 0 Å². The molecule has 0 N–H and O–H groups in total. The summed E-state index contributed by atoms with van der Waals surface area (Å²) >= 11 is 0. The van der Waals surface area contributed by atoms with Gasteiger partial charge in [0.15, 0.2) is 0 Å². The van der Waals surface area contributed by atoms with E-state index in [1.165, 1.54) is 0 Å². The molecule has 0 aromatic rings. The lowest BCUT2D eigenvalue weighted by molar-refractivity contribution is -0.0899. The van der Waals surface area contributed by atoms with Crippen molar-refractivity contribution in [3.05, 3.63) is 36.5 Å². The first kappa shape index (κ1) is 12.0. The van der Waals surface area contributed by atoms with Crippen LogP contribution in [0.3, 0.4) is 0 Å². The van der Waals surface area contributed by atoms with E-state index in [1.54, 1.807) is 13.8 Å². The van der Waals surface area contributed by atoms with Crippen LogP contribution >= 0.6 is 0 Å². The fourth-order valence-electron chi connectivity index (χ4n) is 0.812. The summed E-state index contributed by atoms with van der Waals surface area (Å²) in [5, 5.41) is 0. The van der Waals surface area contributed by atoms with Crippen molar-refractivity contribution in [2.45, 2.75) is 20.0 Å². The summed E-state index contributed by atoms with van der Waals surface area (Å²) in [6.07, 6.45) is -2.27. The molecule has 0 saturated carbocycles. The average molecular weight is 190 g/mol. The Labute approximate surface area is 76.5 Å². The number of allylic oxidation sites excluding steroid dienone is 4. The molecular formula is C10H13F3. The molecule has 0 nitrogen and oxygen atoms in total. The van der Waals surface area contributed by atoms with Gasteiger partial charge in [0, 0.05) is 0 Å². The van der Waals surface area contributed by atoms with E-state index in [-0.39, 0.29) is 11.5 Å². The van der Waals surface area contributed by atoms with Crippen LogP contribution in [0.25, 0.3) is 0 Å². The summed E-state index contributed by atoms with van der Waals surface area (Å²) in [6, 6.07) is 0. The highest BCUT2D eigenvalue weighted by Gasteiger charge is 2.35. The Morgan fingerprint density at radius 1 is 1.31 bits per heavy atom. The van der Waals surface area contributed by atoms with Crippen LogP contribution in [0.2, 0.25) is 0 Å². The van der Waals surface area contributed by atoms with Gasteiger partial charge >= 0.3 is 6.18 Å². The molecule has 0 spiro atoms. The van der Waals surface area contributed by atoms with Gasteiger partial charge in [0.2, 0.25) is 0 Å². The Bertz CT molecular complexity index is 231. The molecule has 0 aromatic carbocycles. The maximum absolute atomic E-state index is 12.3. The summed E-state index contributed by atoms with van der Waals surface area (Å²) in [6.45, 7) is 9.99. The molecule has 0 unspecified atom stereocenters. The number of rotatable bonds is 3. The molecule has 0 aliphatic carbocycles. The molecule has 0 radical (unpaired) electrons. The first-order chi connectivity index (χ1) is 5.80. The molecule has 0 atom stereocenters. The number of halogens is 3. The van der Waals surface area contributed by atoms with Gasteiger partial charge in [-0.05, 0) is 11.5 Å². The normalized spacial score (nSPS) is 13.2. The van der Waals surface area contributed by atoms with E-state index in [0.717, 1.165) is 12.2 Å². The van der Waals surface area contributed by atoms with Crippen LogP contribution in [0.4, 0.5) is 13.2 Å². The lowest BCUT2D eigenvalue weighted by atomic mass is 9.96. The van der Waals surface area contributed by atoms with Crippen molar-refractivity contribution < 1.29 is 13.2 Å². The molecular weight excluding hydrogens is 177 g/mol. The predicted molar refractivity (Wildman–Crippen MR) is 48.3 cm³/mol. The Balaban J connectivity index is 4.95. The van der Waals surface area contributed by atoms with Crippen LogP contribution in [0.1, 0.15) is 13.8 Å². The van der Waals surface area contributed by atoms with Gasteiger partial charge in [-0.1, -0.05) is 39.2 Å². The number of hydrogen-bond donors (Lipinski definition) is 0. The van der Waals surface area contributed by atoms with Gasteiger partial charge in [0.05, 0.1) is 5.57 Å². The molecule has 0 fully saturated rings. The third-order valence-corrected chi connectivity index (χ3v) is 1.63. The molecule has 74 valence electrons. The largest absolute Gasteiger partial charge is 0.416 e. The van der Waals surface area contributed by atoms with E-state index < -0.39 is 11.7 Å². The topological polar surface area (TPSA) is 0 Å². The van der Waals surface area contributed by atoms with Crippen molar-refractivity contribution in [2.75, 3.05) is 0 Å². The van der Waals surface area contributed by atoms with Crippen LogP contribution in [-0.4, -0.2) is 6.18 Å². The van der Waals surface area contributed by atoms with Gasteiger partial charge in [0.1, 0.15) is 0 Å². The number of alkyl halides is 3. The van der Waals surface area contributed by atoms with Gasteiger partial charge < -0.3 is 0 Å². The van der Waals surface area contributed by atoms with Crippen LogP contribution in [0, 0.1) is 5.92 Å². The molecule has 0 bridgehead atoms. The second-order valence-corrected chi connectivity index (χ2v) is 2.99. The highest BCUT2D eigenvalue weighted by atomic mass is 19.4. The molecule has 0 aromatic heterocycles. The minimum Gasteiger partial charge on any atom is -0.166 e. The van der Waals surface area contributed by atoms with Crippen molar-refractivity contribution in [2.24, 2.45) is 5.92 Å². The second kappa shape index (κ2) is 4.30. The first-order valence-corrected chi connectivity index (χ1v) is 3.89. The third-order valence-electron chi connectivity index (χ3n) is 1.63. The van der Waals surface area contributed by atoms with Crippen LogP contribution < -0.4 is 0 Å². The van der Waals surface area contributed by atoms with Crippen molar-refractivity contribution in [3.63, 3.8) is 0 Å². The van der Waals surface area contributed by atoms with Gasteiger partial charge in [0.25, 0.3) is 0 Å². The van der Waals surface area contributed by atoms with E-state index in [1.807, 2.05) is 0 Å². The van der Waals surface area contributed by atoms with Crippen LogP contribution in [-0.2, 0) is 0 Å². The van der Waals surface area contributed by atoms with Crippen molar-refractivity contribution in [1.82, 2.24) is 0 Å². The lowest BCUT2D eigenvalue weighted by Crippen LogP contribution is -2.15. The van der Waals surface area contributed by atoms with Crippen molar-refractivity contribution >= 4 is 0 Å². The third kappa shape index (κ3) is 3.49. The standard InChI is InChI=1S/C10H13F3/c1-5-6-9(10(11,12)13)8(4)7(2)3/h5-7H,1,4H2,2-3H3/b9-6+. The van der Waals surface area contributed by atoms with Gasteiger partial charge in [-0.15, -0.1) is 0 Å². The Kier molecular flexibility index (Phi) is 3.98. The van der Waals surface area contributed by atoms with Gasteiger partial charge in [-0.3, -0.25) is 0 Å². The quantitative estimate of drug-likeness (QED) is 0.592. The highest BCUT2D eigenvalue weighted by Crippen LogP contribution is 2.33. The Morgan fingerprint density at radius 3 is 2.00 bits per heavy atom. The van der Waals surface area contributed by atoms with E-state index in [0.29, 0.717) is 0 Å². The van der Waals surface area contributed by atoms with Crippen LogP contribution in [0.15, 0.2) is 36.5 Å². The Hall–Kier alpha value is -0.990. The highest BCUT2D eigenvalue weighted by molar-refractivity contribution is 5.36. The maximum atomic E-state index is 12.3. The maximum Gasteiger partial charge on any atom is 0.416 e. The van der Waals surface area contributed by atoms with E-state index in [2.05, 4.69) is 13.2 Å². The van der Waals surface area contributed by atoms with Gasteiger partial charge in [-0.2, -0.15) is 13.2 Å². The smallest absolute Gasteiger partial charge is 0.166 e. The van der Waals surface area contributed by atoms with E-state index in [4.69, 9.17) is 0 Å². The monoisotopic (exact) mass is 190 g/mol. The first-order valence-electron chi connectivity index (χ1n) is 3.89. The molecule has 3 heteroatoms. The van der Waals surface area contributed by atoms with E-state index >= 15 is 0 Å². The molecule has 0 amide bonds. The summed E-state index contributed by atoms with van der Waals surface area (Å²) in [5.41, 5.74) is -0.607. The molecule has 0 aliphatic heterocycles. The second-order valence-electron chi connectivity index (χ2n) is 2.99. The SMILES string of the molecule is C=C/C=C(\C(=C)C(C)C)C(F)(F)F. The molecule has 0 saturated heterocycles. The fraction of sp³-hybridized carbons (Fsp3) is 0.400. The lowest BCUT2D eigenvalue weighted by Gasteiger charge is -2.16. The average Bonchev–Trinajstić information content (AvgIpc) is 1.96. The molecule has 0 rings (SSSR count). The fourth-order valence-corrected chi connectivity index (χ4v) is 0.812. The minimum absolute atomic E-state index is 0.0902. The number of hydrogen-bond acceptors (Lipinski definition) is 0. The summed E-state index contributed by atoms with van der Waals surface area (Å²) in [7, 11) is 0. The molecule has 13 heavy (non-hydrogen) atoms. The zero-order chi connectivity index (χ0) is 10.6. The Morgan fingerprint density at radius 2 is 1.77 bits per heavy atom. The molecule has 0 heterocycles. The summed E-state index contributed by atoms with van der Waals surface area (Å²) in [4.78, 5) is 0.